The van der Waals surface area contributed by atoms with Crippen LogP contribution in [0.25, 0.3) is 0 Å². The Morgan fingerprint density at radius 2 is 1.35 bits per heavy atom. The first-order valence-corrected chi connectivity index (χ1v) is 13.3. The SMILES string of the molecule is Cc1ccc(S(=O)(=O)Oc2ccc(CC3C(=O)OCN3S(=O)(=O)c3ccc(C)cc3)cc2)cc1. The fraction of sp³-hybridized carbons (Fsp3) is 0.208. The smallest absolute Gasteiger partial charge is 0.339 e. The highest BCUT2D eigenvalue weighted by Crippen LogP contribution is 2.26. The van der Waals surface area contributed by atoms with E-state index in [9.17, 15) is 21.6 Å². The minimum Gasteiger partial charge on any atom is -0.447 e. The number of esters is 1. The van der Waals surface area contributed by atoms with Crippen LogP contribution in [0.15, 0.2) is 82.6 Å². The Balaban J connectivity index is 1.50. The zero-order valence-corrected chi connectivity index (χ0v) is 20.2. The summed E-state index contributed by atoms with van der Waals surface area (Å²) in [5.41, 5.74) is 2.45. The van der Waals surface area contributed by atoms with E-state index in [1.807, 2.05) is 13.8 Å². The first kappa shape index (κ1) is 23.9. The molecule has 0 bridgehead atoms. The Morgan fingerprint density at radius 1 is 0.824 bits per heavy atom. The van der Waals surface area contributed by atoms with Gasteiger partial charge in [0.2, 0.25) is 10.0 Å². The van der Waals surface area contributed by atoms with E-state index in [2.05, 4.69) is 0 Å². The highest BCUT2D eigenvalue weighted by atomic mass is 32.2. The molecule has 1 unspecified atom stereocenters. The summed E-state index contributed by atoms with van der Waals surface area (Å²) in [7, 11) is -7.94. The molecule has 0 amide bonds. The largest absolute Gasteiger partial charge is 0.447 e. The van der Waals surface area contributed by atoms with Crippen LogP contribution < -0.4 is 4.18 Å². The average molecular weight is 502 g/mol. The van der Waals surface area contributed by atoms with Gasteiger partial charge in [-0.3, -0.25) is 4.79 Å². The summed E-state index contributed by atoms with van der Waals surface area (Å²) in [5.74, 6) is -0.541. The second-order valence-electron chi connectivity index (χ2n) is 8.01. The van der Waals surface area contributed by atoms with E-state index in [0.29, 0.717) is 5.56 Å². The number of cyclic esters (lactones) is 1. The molecule has 10 heteroatoms. The molecule has 1 fully saturated rings. The van der Waals surface area contributed by atoms with Crippen LogP contribution in [0.2, 0.25) is 0 Å². The lowest BCUT2D eigenvalue weighted by molar-refractivity contribution is -0.139. The zero-order chi connectivity index (χ0) is 24.5. The van der Waals surface area contributed by atoms with E-state index in [0.717, 1.165) is 15.4 Å². The summed E-state index contributed by atoms with van der Waals surface area (Å²) < 4.78 is 62.3. The summed E-state index contributed by atoms with van der Waals surface area (Å²) in [6.07, 6.45) is 0.0644. The Bertz CT molecular complexity index is 1400. The highest BCUT2D eigenvalue weighted by Gasteiger charge is 2.42. The molecule has 1 saturated heterocycles. The van der Waals surface area contributed by atoms with Gasteiger partial charge >= 0.3 is 16.1 Å². The zero-order valence-electron chi connectivity index (χ0n) is 18.5. The third kappa shape index (κ3) is 4.98. The van der Waals surface area contributed by atoms with E-state index >= 15 is 0 Å². The van der Waals surface area contributed by atoms with Crippen molar-refractivity contribution in [3.63, 3.8) is 0 Å². The Labute approximate surface area is 198 Å². The molecule has 178 valence electrons. The number of aryl methyl sites for hydroxylation is 2. The number of carbonyl (C=O) groups excluding carboxylic acids is 1. The molecule has 0 radical (unpaired) electrons. The Kier molecular flexibility index (Phi) is 6.48. The standard InChI is InChI=1S/C24H23NO7S2/c1-17-3-11-21(12-4-17)33(27,28)25-16-31-24(26)23(25)15-19-7-9-20(10-8-19)32-34(29,30)22-13-5-18(2)6-14-22/h3-14,23H,15-16H2,1-2H3. The second-order valence-corrected chi connectivity index (χ2v) is 11.4. The van der Waals surface area contributed by atoms with Crippen molar-refractivity contribution >= 4 is 26.1 Å². The highest BCUT2D eigenvalue weighted by molar-refractivity contribution is 7.89. The molecule has 3 aromatic rings. The van der Waals surface area contributed by atoms with Crippen molar-refractivity contribution in [1.29, 1.82) is 0 Å². The average Bonchev–Trinajstić information content (AvgIpc) is 3.16. The molecule has 8 nitrogen and oxygen atoms in total. The molecule has 0 saturated carbocycles. The molecule has 4 rings (SSSR count). The van der Waals surface area contributed by atoms with E-state index in [-0.39, 0.29) is 28.7 Å². The van der Waals surface area contributed by atoms with Gasteiger partial charge < -0.3 is 8.92 Å². The van der Waals surface area contributed by atoms with Gasteiger partial charge in [0.25, 0.3) is 0 Å². The lowest BCUT2D eigenvalue weighted by Crippen LogP contribution is -2.39. The number of hydrogen-bond donors (Lipinski definition) is 0. The fourth-order valence-electron chi connectivity index (χ4n) is 3.48. The molecule has 0 aliphatic carbocycles. The summed E-state index contributed by atoms with van der Waals surface area (Å²) in [5, 5.41) is 0. The molecular formula is C24H23NO7S2. The van der Waals surface area contributed by atoms with Crippen molar-refractivity contribution in [2.24, 2.45) is 0 Å². The number of benzene rings is 3. The Hall–Kier alpha value is -3.21. The lowest BCUT2D eigenvalue weighted by Gasteiger charge is -2.20. The van der Waals surface area contributed by atoms with Gasteiger partial charge in [0.05, 0.1) is 4.90 Å². The van der Waals surface area contributed by atoms with Gasteiger partial charge in [-0.05, 0) is 62.2 Å². The van der Waals surface area contributed by atoms with E-state index in [1.54, 1.807) is 36.4 Å². The van der Waals surface area contributed by atoms with Gasteiger partial charge in [0.15, 0.2) is 6.73 Å². The van der Waals surface area contributed by atoms with Gasteiger partial charge in [0.1, 0.15) is 16.7 Å². The van der Waals surface area contributed by atoms with Crippen molar-refractivity contribution in [3.8, 4) is 5.75 Å². The minimum absolute atomic E-state index is 0.0350. The molecule has 0 N–H and O–H groups in total. The van der Waals surface area contributed by atoms with Crippen LogP contribution in [0.1, 0.15) is 16.7 Å². The summed E-state index contributed by atoms with van der Waals surface area (Å²) in [4.78, 5) is 12.4. The molecular weight excluding hydrogens is 478 g/mol. The number of carbonyl (C=O) groups is 1. The first-order valence-electron chi connectivity index (χ1n) is 10.4. The summed E-state index contributed by atoms with van der Waals surface area (Å²) >= 11 is 0. The monoisotopic (exact) mass is 501 g/mol. The molecule has 1 atom stereocenters. The third-order valence-electron chi connectivity index (χ3n) is 5.45. The van der Waals surface area contributed by atoms with Crippen LogP contribution in [-0.2, 0) is 36.1 Å². The van der Waals surface area contributed by atoms with Crippen molar-refractivity contribution in [2.75, 3.05) is 6.73 Å². The predicted octanol–water partition coefficient (Wildman–Crippen LogP) is 3.19. The van der Waals surface area contributed by atoms with Crippen LogP contribution in [0.3, 0.4) is 0 Å². The van der Waals surface area contributed by atoms with Gasteiger partial charge in [-0.2, -0.15) is 8.42 Å². The van der Waals surface area contributed by atoms with Crippen molar-refractivity contribution in [3.05, 3.63) is 89.5 Å². The maximum atomic E-state index is 13.1. The normalized spacial score (nSPS) is 16.9. The molecule has 1 aliphatic rings. The van der Waals surface area contributed by atoms with Crippen LogP contribution in [-0.4, -0.2) is 39.9 Å². The molecule has 3 aromatic carbocycles. The quantitative estimate of drug-likeness (QED) is 0.361. The molecule has 1 aliphatic heterocycles. The predicted molar refractivity (Wildman–Crippen MR) is 124 cm³/mol. The fourth-order valence-corrected chi connectivity index (χ4v) is 5.85. The maximum Gasteiger partial charge on any atom is 0.339 e. The van der Waals surface area contributed by atoms with Gasteiger partial charge in [-0.15, -0.1) is 4.31 Å². The number of sulfonamides is 1. The number of ether oxygens (including phenoxy) is 1. The third-order valence-corrected chi connectivity index (χ3v) is 8.56. The van der Waals surface area contributed by atoms with Gasteiger partial charge in [0, 0.05) is 0 Å². The number of nitrogens with zero attached hydrogens (tertiary/aromatic N) is 1. The van der Waals surface area contributed by atoms with Crippen molar-refractivity contribution in [2.45, 2.75) is 36.1 Å². The van der Waals surface area contributed by atoms with Crippen LogP contribution in [0.4, 0.5) is 0 Å². The lowest BCUT2D eigenvalue weighted by atomic mass is 10.1. The van der Waals surface area contributed by atoms with Crippen molar-refractivity contribution in [1.82, 2.24) is 4.31 Å². The number of hydrogen-bond acceptors (Lipinski definition) is 7. The molecule has 34 heavy (non-hydrogen) atoms. The second kappa shape index (κ2) is 9.21. The molecule has 0 spiro atoms. The van der Waals surface area contributed by atoms with E-state index in [1.165, 1.54) is 36.4 Å². The van der Waals surface area contributed by atoms with Crippen LogP contribution >= 0.6 is 0 Å². The minimum atomic E-state index is -4.00. The van der Waals surface area contributed by atoms with Crippen LogP contribution in [0.5, 0.6) is 5.75 Å². The van der Waals surface area contributed by atoms with Crippen molar-refractivity contribution < 1.29 is 30.6 Å². The molecule has 0 aromatic heterocycles. The maximum absolute atomic E-state index is 13.1. The number of rotatable bonds is 7. The Morgan fingerprint density at radius 3 is 1.91 bits per heavy atom. The van der Waals surface area contributed by atoms with E-state index in [4.69, 9.17) is 8.92 Å². The van der Waals surface area contributed by atoms with E-state index < -0.39 is 32.2 Å². The topological polar surface area (TPSA) is 107 Å². The van der Waals surface area contributed by atoms with Crippen LogP contribution in [0, 0.1) is 13.8 Å². The summed E-state index contributed by atoms with van der Waals surface area (Å²) in [6.45, 7) is 3.33. The summed E-state index contributed by atoms with van der Waals surface area (Å²) in [6, 6.07) is 17.7. The van der Waals surface area contributed by atoms with Gasteiger partial charge in [-0.1, -0.05) is 47.5 Å². The first-order chi connectivity index (χ1) is 16.1. The van der Waals surface area contributed by atoms with Gasteiger partial charge in [-0.25, -0.2) is 8.42 Å². The molecule has 1 heterocycles.